The molecule has 1 heterocycles. The second-order valence-electron chi connectivity index (χ2n) is 4.36. The van der Waals surface area contributed by atoms with E-state index in [-0.39, 0.29) is 4.90 Å². The molecule has 98 valence electrons. The zero-order valence-corrected chi connectivity index (χ0v) is 10.5. The summed E-state index contributed by atoms with van der Waals surface area (Å²) in [6, 6.07) is 10.7. The van der Waals surface area contributed by atoms with Gasteiger partial charge in [-0.1, -0.05) is 36.4 Å². The lowest BCUT2D eigenvalue weighted by Gasteiger charge is -2.21. The Hall–Kier alpha value is -1.62. The van der Waals surface area contributed by atoms with Crippen molar-refractivity contribution in [3.63, 3.8) is 0 Å². The highest BCUT2D eigenvalue weighted by Gasteiger charge is 2.44. The maximum atomic E-state index is 12.8. The molecule has 2 aromatic rings. The summed E-state index contributed by atoms with van der Waals surface area (Å²) in [5.74, 6) is 0. The highest BCUT2D eigenvalue weighted by atomic mass is 32.2. The third-order valence-corrected chi connectivity index (χ3v) is 4.77. The molecule has 0 fully saturated rings. The number of hydrogen-bond donors (Lipinski definition) is 0. The number of rotatable bonds is 0. The van der Waals surface area contributed by atoms with Gasteiger partial charge in [0.05, 0.1) is 10.8 Å². The third-order valence-electron chi connectivity index (χ3n) is 3.10. The van der Waals surface area contributed by atoms with Gasteiger partial charge < -0.3 is 0 Å². The molecule has 2 unspecified atom stereocenters. The zero-order chi connectivity index (χ0) is 13.6. The van der Waals surface area contributed by atoms with E-state index in [4.69, 9.17) is 0 Å². The molecule has 0 aliphatic carbocycles. The normalized spacial score (nSPS) is 22.5. The Morgan fingerprint density at radius 1 is 1.05 bits per heavy atom. The Bertz CT molecular complexity index is 703. The van der Waals surface area contributed by atoms with Crippen LogP contribution in [-0.4, -0.2) is 15.6 Å². The van der Waals surface area contributed by atoms with Crippen molar-refractivity contribution < 1.29 is 17.4 Å². The van der Waals surface area contributed by atoms with Crippen LogP contribution < -0.4 is 0 Å². The van der Waals surface area contributed by atoms with Crippen LogP contribution in [0.15, 0.2) is 47.4 Å². The predicted octanol–water partition coefficient (Wildman–Crippen LogP) is 3.91. The highest BCUT2D eigenvalue weighted by molar-refractivity contribution is 7.86. The van der Waals surface area contributed by atoms with Crippen LogP contribution in [0, 0.1) is 0 Å². The van der Waals surface area contributed by atoms with E-state index in [0.29, 0.717) is 5.56 Å². The van der Waals surface area contributed by atoms with Gasteiger partial charge in [-0.15, -0.1) is 0 Å². The summed E-state index contributed by atoms with van der Waals surface area (Å²) in [4.78, 5) is 0.253. The standard InChI is InChI=1S/C14H9F3OS/c15-14(16,17)13-6-5-11-7-9-3-1-2-4-10(9)8-12(11)19(13)18/h1-8,13H. The van der Waals surface area contributed by atoms with Crippen molar-refractivity contribution in [2.24, 2.45) is 0 Å². The minimum absolute atomic E-state index is 0.253. The van der Waals surface area contributed by atoms with Gasteiger partial charge in [-0.05, 0) is 28.5 Å². The van der Waals surface area contributed by atoms with Crippen LogP contribution in [0.2, 0.25) is 0 Å². The first-order valence-corrected chi connectivity index (χ1v) is 6.86. The number of alkyl halides is 3. The van der Waals surface area contributed by atoms with Gasteiger partial charge in [0.25, 0.3) is 0 Å². The molecule has 5 heteroatoms. The van der Waals surface area contributed by atoms with Crippen molar-refractivity contribution >= 4 is 27.6 Å². The monoisotopic (exact) mass is 282 g/mol. The van der Waals surface area contributed by atoms with Crippen LogP contribution in [0.25, 0.3) is 16.8 Å². The summed E-state index contributed by atoms with van der Waals surface area (Å²) >= 11 is 0. The Morgan fingerprint density at radius 3 is 2.32 bits per heavy atom. The van der Waals surface area contributed by atoms with Crippen LogP contribution in [0.3, 0.4) is 0 Å². The van der Waals surface area contributed by atoms with E-state index in [1.807, 2.05) is 12.1 Å². The molecule has 2 aromatic carbocycles. The van der Waals surface area contributed by atoms with E-state index in [1.54, 1.807) is 24.3 Å². The maximum absolute atomic E-state index is 12.8. The molecule has 0 saturated heterocycles. The van der Waals surface area contributed by atoms with Gasteiger partial charge in [-0.25, -0.2) is 0 Å². The fraction of sp³-hybridized carbons (Fsp3) is 0.143. The molecule has 0 radical (unpaired) electrons. The van der Waals surface area contributed by atoms with Gasteiger partial charge in [0.1, 0.15) is 0 Å². The molecule has 0 aromatic heterocycles. The molecule has 1 aliphatic rings. The molecule has 0 bridgehead atoms. The van der Waals surface area contributed by atoms with Crippen LogP contribution in [0.4, 0.5) is 13.2 Å². The topological polar surface area (TPSA) is 17.1 Å². The van der Waals surface area contributed by atoms with E-state index < -0.39 is 22.2 Å². The van der Waals surface area contributed by atoms with Crippen LogP contribution in [0.1, 0.15) is 5.56 Å². The average Bonchev–Trinajstić information content (AvgIpc) is 2.36. The van der Waals surface area contributed by atoms with Gasteiger partial charge in [-0.2, -0.15) is 13.2 Å². The molecule has 0 saturated carbocycles. The lowest BCUT2D eigenvalue weighted by molar-refractivity contribution is -0.120. The van der Waals surface area contributed by atoms with Crippen molar-refractivity contribution in [2.45, 2.75) is 16.3 Å². The largest absolute Gasteiger partial charge is 0.406 e. The summed E-state index contributed by atoms with van der Waals surface area (Å²) in [5, 5.41) is -0.194. The Kier molecular flexibility index (Phi) is 2.74. The first-order valence-electron chi connectivity index (χ1n) is 5.65. The minimum atomic E-state index is -4.48. The summed E-state index contributed by atoms with van der Waals surface area (Å²) in [7, 11) is -2.09. The molecule has 19 heavy (non-hydrogen) atoms. The molecule has 1 nitrogen and oxygen atoms in total. The van der Waals surface area contributed by atoms with Gasteiger partial charge in [0.2, 0.25) is 0 Å². The molecule has 2 atom stereocenters. The third kappa shape index (κ3) is 2.08. The SMILES string of the molecule is O=S1c2cc3ccccc3cc2C=CC1C(F)(F)F. The Balaban J connectivity index is 2.19. The Morgan fingerprint density at radius 2 is 1.68 bits per heavy atom. The average molecular weight is 282 g/mol. The Labute approximate surface area is 110 Å². The van der Waals surface area contributed by atoms with E-state index in [1.165, 1.54) is 6.08 Å². The van der Waals surface area contributed by atoms with Crippen LogP contribution in [-0.2, 0) is 10.8 Å². The van der Waals surface area contributed by atoms with Crippen molar-refractivity contribution in [3.8, 4) is 0 Å². The van der Waals surface area contributed by atoms with Gasteiger partial charge in [0.15, 0.2) is 5.25 Å². The summed E-state index contributed by atoms with van der Waals surface area (Å²) in [6.07, 6.45) is -2.10. The zero-order valence-electron chi connectivity index (χ0n) is 9.65. The van der Waals surface area contributed by atoms with E-state index >= 15 is 0 Å². The maximum Gasteiger partial charge on any atom is 0.406 e. The van der Waals surface area contributed by atoms with E-state index in [2.05, 4.69) is 0 Å². The first-order chi connectivity index (χ1) is 8.97. The quantitative estimate of drug-likeness (QED) is 0.716. The van der Waals surface area contributed by atoms with Crippen molar-refractivity contribution in [1.82, 2.24) is 0 Å². The molecule has 1 aliphatic heterocycles. The van der Waals surface area contributed by atoms with Gasteiger partial charge in [-0.3, -0.25) is 4.21 Å². The van der Waals surface area contributed by atoms with Crippen molar-refractivity contribution in [2.75, 3.05) is 0 Å². The second-order valence-corrected chi connectivity index (χ2v) is 5.90. The van der Waals surface area contributed by atoms with Gasteiger partial charge >= 0.3 is 6.18 Å². The lowest BCUT2D eigenvalue weighted by atomic mass is 10.1. The molecule has 0 amide bonds. The highest BCUT2D eigenvalue weighted by Crippen LogP contribution is 2.35. The number of benzene rings is 2. The number of hydrogen-bond acceptors (Lipinski definition) is 1. The smallest absolute Gasteiger partial charge is 0.253 e. The predicted molar refractivity (Wildman–Crippen MR) is 69.2 cm³/mol. The molecular formula is C14H9F3OS. The van der Waals surface area contributed by atoms with E-state index in [0.717, 1.165) is 16.8 Å². The van der Waals surface area contributed by atoms with Crippen LogP contribution >= 0.6 is 0 Å². The lowest BCUT2D eigenvalue weighted by Crippen LogP contribution is -2.32. The fourth-order valence-corrected chi connectivity index (χ4v) is 3.51. The van der Waals surface area contributed by atoms with Crippen molar-refractivity contribution in [1.29, 1.82) is 0 Å². The molecule has 0 N–H and O–H groups in total. The summed E-state index contributed by atoms with van der Waals surface area (Å²) in [6.45, 7) is 0. The summed E-state index contributed by atoms with van der Waals surface area (Å²) in [5.41, 5.74) is 0.595. The molecule has 0 spiro atoms. The number of halogens is 3. The minimum Gasteiger partial charge on any atom is -0.253 e. The second kappa shape index (κ2) is 4.20. The van der Waals surface area contributed by atoms with Crippen molar-refractivity contribution in [3.05, 3.63) is 48.0 Å². The molecular weight excluding hydrogens is 273 g/mol. The number of fused-ring (bicyclic) bond motifs is 2. The fourth-order valence-electron chi connectivity index (χ4n) is 2.17. The van der Waals surface area contributed by atoms with Gasteiger partial charge in [0, 0.05) is 4.90 Å². The molecule has 3 rings (SSSR count). The summed E-state index contributed by atoms with van der Waals surface area (Å²) < 4.78 is 50.3. The first kappa shape index (κ1) is 12.4. The van der Waals surface area contributed by atoms with Crippen LogP contribution in [0.5, 0.6) is 0 Å². The van der Waals surface area contributed by atoms with E-state index in [9.17, 15) is 17.4 Å².